The first-order valence-electron chi connectivity index (χ1n) is 7.35. The van der Waals surface area contributed by atoms with Crippen molar-refractivity contribution in [1.29, 1.82) is 0 Å². The van der Waals surface area contributed by atoms with E-state index >= 15 is 0 Å². The maximum atomic E-state index is 4.57. The molecule has 0 fully saturated rings. The minimum atomic E-state index is 0.981. The van der Waals surface area contributed by atoms with Crippen LogP contribution in [0.5, 0.6) is 0 Å². The monoisotopic (exact) mass is 301 g/mol. The van der Waals surface area contributed by atoms with Crippen molar-refractivity contribution in [2.24, 2.45) is 7.05 Å². The van der Waals surface area contributed by atoms with Crippen LogP contribution in [0.3, 0.4) is 0 Å². The summed E-state index contributed by atoms with van der Waals surface area (Å²) < 4.78 is 3.79. The SMILES string of the molecule is Cn1cnc(-c2ccccc2)c1-c1ccc(-n2cncn2)cc1. The highest BCUT2D eigenvalue weighted by Crippen LogP contribution is 2.30. The molecule has 2 aromatic heterocycles. The molecule has 0 spiro atoms. The molecule has 4 rings (SSSR count). The fraction of sp³-hybridized carbons (Fsp3) is 0.0556. The quantitative estimate of drug-likeness (QED) is 0.583. The normalized spacial score (nSPS) is 10.8. The second-order valence-corrected chi connectivity index (χ2v) is 5.31. The number of benzene rings is 2. The molecule has 0 amide bonds. The Bertz CT molecular complexity index is 906. The van der Waals surface area contributed by atoms with Gasteiger partial charge in [0, 0.05) is 18.2 Å². The van der Waals surface area contributed by atoms with Gasteiger partial charge < -0.3 is 4.57 Å². The molecule has 5 nitrogen and oxygen atoms in total. The Morgan fingerprint density at radius 1 is 0.826 bits per heavy atom. The molecule has 2 heterocycles. The standard InChI is InChI=1S/C18H15N5/c1-22-13-20-17(14-5-3-2-4-6-14)18(22)15-7-9-16(10-8-15)23-12-19-11-21-23/h2-13H,1H3. The van der Waals surface area contributed by atoms with E-state index in [4.69, 9.17) is 0 Å². The van der Waals surface area contributed by atoms with Crippen molar-refractivity contribution < 1.29 is 0 Å². The first-order chi connectivity index (χ1) is 11.3. The molecule has 0 N–H and O–H groups in total. The number of aryl methyl sites for hydroxylation is 1. The summed E-state index contributed by atoms with van der Waals surface area (Å²) in [4.78, 5) is 8.55. The lowest BCUT2D eigenvalue weighted by Crippen LogP contribution is -1.95. The Balaban J connectivity index is 1.78. The third-order valence-corrected chi connectivity index (χ3v) is 3.81. The number of hydrogen-bond donors (Lipinski definition) is 0. The van der Waals surface area contributed by atoms with Gasteiger partial charge in [-0.15, -0.1) is 0 Å². The summed E-state index contributed by atoms with van der Waals surface area (Å²) in [6, 6.07) is 18.5. The summed E-state index contributed by atoms with van der Waals surface area (Å²) >= 11 is 0. The summed E-state index contributed by atoms with van der Waals surface area (Å²) in [7, 11) is 2.01. The second-order valence-electron chi connectivity index (χ2n) is 5.31. The average molecular weight is 301 g/mol. The highest BCUT2D eigenvalue weighted by Gasteiger charge is 2.13. The van der Waals surface area contributed by atoms with Gasteiger partial charge in [0.25, 0.3) is 0 Å². The van der Waals surface area contributed by atoms with E-state index in [-0.39, 0.29) is 0 Å². The largest absolute Gasteiger partial charge is 0.333 e. The third-order valence-electron chi connectivity index (χ3n) is 3.81. The number of rotatable bonds is 3. The maximum Gasteiger partial charge on any atom is 0.138 e. The number of imidazole rings is 1. The van der Waals surface area contributed by atoms with Gasteiger partial charge >= 0.3 is 0 Å². The maximum absolute atomic E-state index is 4.57. The van der Waals surface area contributed by atoms with E-state index in [0.29, 0.717) is 0 Å². The molecule has 0 aliphatic rings. The van der Waals surface area contributed by atoms with E-state index in [0.717, 1.165) is 28.2 Å². The van der Waals surface area contributed by atoms with Crippen molar-refractivity contribution in [1.82, 2.24) is 24.3 Å². The molecule has 0 radical (unpaired) electrons. The van der Waals surface area contributed by atoms with Gasteiger partial charge in [-0.25, -0.2) is 14.6 Å². The molecule has 112 valence electrons. The van der Waals surface area contributed by atoms with Crippen LogP contribution < -0.4 is 0 Å². The molecular weight excluding hydrogens is 286 g/mol. The zero-order valence-electron chi connectivity index (χ0n) is 12.7. The predicted molar refractivity (Wildman–Crippen MR) is 89.0 cm³/mol. The van der Waals surface area contributed by atoms with Crippen LogP contribution in [0.4, 0.5) is 0 Å². The average Bonchev–Trinajstić information content (AvgIpc) is 3.26. The summed E-state index contributed by atoms with van der Waals surface area (Å²) in [5.74, 6) is 0. The van der Waals surface area contributed by atoms with Crippen LogP contribution in [0.15, 0.2) is 73.6 Å². The molecule has 0 bridgehead atoms. The minimum absolute atomic E-state index is 0.981. The molecule has 4 aromatic rings. The minimum Gasteiger partial charge on any atom is -0.333 e. The highest BCUT2D eigenvalue weighted by molar-refractivity contribution is 5.78. The summed E-state index contributed by atoms with van der Waals surface area (Å²) in [5, 5.41) is 4.15. The molecule has 0 saturated heterocycles. The van der Waals surface area contributed by atoms with Crippen LogP contribution >= 0.6 is 0 Å². The highest BCUT2D eigenvalue weighted by atomic mass is 15.3. The van der Waals surface area contributed by atoms with Gasteiger partial charge in [0.15, 0.2) is 0 Å². The Labute approximate surface area is 133 Å². The fourth-order valence-corrected chi connectivity index (χ4v) is 2.69. The van der Waals surface area contributed by atoms with Crippen molar-refractivity contribution in [2.45, 2.75) is 0 Å². The van der Waals surface area contributed by atoms with E-state index in [1.807, 2.05) is 48.3 Å². The molecule has 0 unspecified atom stereocenters. The van der Waals surface area contributed by atoms with Gasteiger partial charge in [0.1, 0.15) is 12.7 Å². The van der Waals surface area contributed by atoms with Gasteiger partial charge in [0.2, 0.25) is 0 Å². The van der Waals surface area contributed by atoms with E-state index in [2.05, 4.69) is 39.3 Å². The number of hydrogen-bond acceptors (Lipinski definition) is 3. The fourth-order valence-electron chi connectivity index (χ4n) is 2.69. The van der Waals surface area contributed by atoms with Crippen LogP contribution in [0.2, 0.25) is 0 Å². The molecule has 0 atom stereocenters. The Morgan fingerprint density at radius 3 is 2.30 bits per heavy atom. The lowest BCUT2D eigenvalue weighted by Gasteiger charge is -2.08. The van der Waals surface area contributed by atoms with E-state index in [1.165, 1.54) is 6.33 Å². The van der Waals surface area contributed by atoms with E-state index in [1.54, 1.807) is 11.0 Å². The number of nitrogens with zero attached hydrogens (tertiary/aromatic N) is 5. The first-order valence-corrected chi connectivity index (χ1v) is 7.35. The zero-order chi connectivity index (χ0) is 15.6. The smallest absolute Gasteiger partial charge is 0.138 e. The third kappa shape index (κ3) is 2.42. The lowest BCUT2D eigenvalue weighted by molar-refractivity contribution is 0.878. The molecule has 0 aliphatic heterocycles. The summed E-state index contributed by atoms with van der Waals surface area (Å²) in [5.41, 5.74) is 5.30. The topological polar surface area (TPSA) is 48.5 Å². The molecule has 2 aromatic carbocycles. The first kappa shape index (κ1) is 13.5. The Kier molecular flexibility index (Phi) is 3.24. The van der Waals surface area contributed by atoms with Gasteiger partial charge in [-0.1, -0.05) is 42.5 Å². The van der Waals surface area contributed by atoms with Crippen molar-refractivity contribution in [2.75, 3.05) is 0 Å². The van der Waals surface area contributed by atoms with Gasteiger partial charge in [-0.05, 0) is 12.1 Å². The van der Waals surface area contributed by atoms with E-state index in [9.17, 15) is 0 Å². The van der Waals surface area contributed by atoms with Crippen LogP contribution in [0.25, 0.3) is 28.2 Å². The van der Waals surface area contributed by atoms with Gasteiger partial charge in [-0.3, -0.25) is 0 Å². The summed E-state index contributed by atoms with van der Waals surface area (Å²) in [6.07, 6.45) is 5.07. The van der Waals surface area contributed by atoms with Crippen molar-refractivity contribution in [3.63, 3.8) is 0 Å². The van der Waals surface area contributed by atoms with Gasteiger partial charge in [-0.2, -0.15) is 5.10 Å². The van der Waals surface area contributed by atoms with Crippen LogP contribution in [0, 0.1) is 0 Å². The van der Waals surface area contributed by atoms with Crippen molar-refractivity contribution >= 4 is 0 Å². The van der Waals surface area contributed by atoms with Gasteiger partial charge in [0.05, 0.1) is 23.4 Å². The van der Waals surface area contributed by atoms with Crippen LogP contribution in [-0.4, -0.2) is 24.3 Å². The number of aromatic nitrogens is 5. The van der Waals surface area contributed by atoms with Crippen LogP contribution in [0.1, 0.15) is 0 Å². The molecule has 0 aliphatic carbocycles. The summed E-state index contributed by atoms with van der Waals surface area (Å²) in [6.45, 7) is 0. The Hall–Kier alpha value is -3.21. The Morgan fingerprint density at radius 2 is 1.61 bits per heavy atom. The molecule has 23 heavy (non-hydrogen) atoms. The lowest BCUT2D eigenvalue weighted by atomic mass is 10.0. The predicted octanol–water partition coefficient (Wildman–Crippen LogP) is 3.33. The molecule has 5 heteroatoms. The van der Waals surface area contributed by atoms with Crippen molar-refractivity contribution in [3.05, 3.63) is 73.6 Å². The van der Waals surface area contributed by atoms with Crippen LogP contribution in [-0.2, 0) is 7.05 Å². The zero-order valence-corrected chi connectivity index (χ0v) is 12.7. The van der Waals surface area contributed by atoms with E-state index < -0.39 is 0 Å². The molecule has 0 saturated carbocycles. The second kappa shape index (κ2) is 5.53. The van der Waals surface area contributed by atoms with Crippen molar-refractivity contribution in [3.8, 4) is 28.2 Å². The molecular formula is C18H15N5.